The van der Waals surface area contributed by atoms with Gasteiger partial charge < -0.3 is 15.2 Å². The molecule has 0 aliphatic carbocycles. The topological polar surface area (TPSA) is 48.1 Å². The van der Waals surface area contributed by atoms with Crippen LogP contribution >= 0.6 is 0 Å². The molecular weight excluding hydrogens is 370 g/mol. The Kier molecular flexibility index (Phi) is 6.45. The van der Waals surface area contributed by atoms with Crippen LogP contribution < -0.4 is 5.32 Å². The number of carbonyl (C=O) groups excluding carboxylic acids is 1. The van der Waals surface area contributed by atoms with Gasteiger partial charge in [-0.1, -0.05) is 78.9 Å². The Morgan fingerprint density at radius 1 is 0.800 bits per heavy atom. The lowest BCUT2D eigenvalue weighted by Crippen LogP contribution is -2.41. The van der Waals surface area contributed by atoms with Crippen molar-refractivity contribution in [2.75, 3.05) is 13.1 Å². The summed E-state index contributed by atoms with van der Waals surface area (Å²) in [7, 11) is 0. The highest BCUT2D eigenvalue weighted by Crippen LogP contribution is 2.17. The van der Waals surface area contributed by atoms with Crippen LogP contribution in [-0.2, 0) is 19.4 Å². The van der Waals surface area contributed by atoms with E-state index in [0.29, 0.717) is 19.6 Å². The zero-order chi connectivity index (χ0) is 20.6. The second kappa shape index (κ2) is 9.79. The third-order valence-corrected chi connectivity index (χ3v) is 5.36. The van der Waals surface area contributed by atoms with E-state index in [4.69, 9.17) is 0 Å². The predicted molar refractivity (Wildman–Crippen MR) is 122 cm³/mol. The Balaban J connectivity index is 1.37. The number of carbonyl (C=O) groups is 1. The molecule has 0 saturated carbocycles. The molecule has 0 atom stereocenters. The molecule has 1 aromatic heterocycles. The fourth-order valence-corrected chi connectivity index (χ4v) is 3.72. The van der Waals surface area contributed by atoms with Crippen LogP contribution in [-0.4, -0.2) is 29.0 Å². The summed E-state index contributed by atoms with van der Waals surface area (Å²) in [5.74, 6) is 0. The smallest absolute Gasteiger partial charge is 0.317 e. The Labute approximate surface area is 177 Å². The molecule has 2 N–H and O–H groups in total. The SMILES string of the molecule is O=C(NCCc1c[nH]c2ccccc12)N(CCc1ccccc1)Cc1ccccc1. The van der Waals surface area contributed by atoms with Crippen LogP contribution in [0.25, 0.3) is 10.9 Å². The van der Waals surface area contributed by atoms with Crippen molar-refractivity contribution in [1.29, 1.82) is 0 Å². The molecule has 0 radical (unpaired) electrons. The summed E-state index contributed by atoms with van der Waals surface area (Å²) in [4.78, 5) is 18.2. The monoisotopic (exact) mass is 397 g/mol. The number of rotatable bonds is 8. The average molecular weight is 398 g/mol. The van der Waals surface area contributed by atoms with Crippen molar-refractivity contribution in [3.63, 3.8) is 0 Å². The second-order valence-corrected chi connectivity index (χ2v) is 7.48. The summed E-state index contributed by atoms with van der Waals surface area (Å²) in [6.07, 6.45) is 3.67. The molecule has 0 spiro atoms. The highest BCUT2D eigenvalue weighted by Gasteiger charge is 2.14. The maximum atomic E-state index is 13.0. The molecular formula is C26H27N3O. The number of aromatic nitrogens is 1. The first kappa shape index (κ1) is 19.8. The van der Waals surface area contributed by atoms with Gasteiger partial charge in [0.1, 0.15) is 0 Å². The summed E-state index contributed by atoms with van der Waals surface area (Å²) in [6.45, 7) is 1.89. The molecule has 0 aliphatic heterocycles. The summed E-state index contributed by atoms with van der Waals surface area (Å²) in [6, 6.07) is 28.7. The first-order valence-corrected chi connectivity index (χ1v) is 10.5. The molecule has 0 aliphatic rings. The average Bonchev–Trinajstić information content (AvgIpc) is 3.21. The molecule has 4 nitrogen and oxygen atoms in total. The van der Waals surface area contributed by atoms with Crippen LogP contribution in [0.2, 0.25) is 0 Å². The van der Waals surface area contributed by atoms with E-state index in [0.717, 1.165) is 23.9 Å². The van der Waals surface area contributed by atoms with Crippen molar-refractivity contribution in [2.24, 2.45) is 0 Å². The number of H-pyrrole nitrogens is 1. The highest BCUT2D eigenvalue weighted by atomic mass is 16.2. The van der Waals surface area contributed by atoms with Gasteiger partial charge in [-0.05, 0) is 35.6 Å². The normalized spacial score (nSPS) is 10.8. The van der Waals surface area contributed by atoms with Crippen LogP contribution in [0.1, 0.15) is 16.7 Å². The van der Waals surface area contributed by atoms with Gasteiger partial charge >= 0.3 is 6.03 Å². The van der Waals surface area contributed by atoms with Gasteiger partial charge in [-0.25, -0.2) is 4.79 Å². The Hall–Kier alpha value is -3.53. The van der Waals surface area contributed by atoms with Crippen molar-refractivity contribution in [3.8, 4) is 0 Å². The first-order chi connectivity index (χ1) is 14.8. The van der Waals surface area contributed by atoms with E-state index in [-0.39, 0.29) is 6.03 Å². The number of nitrogens with one attached hydrogen (secondary N) is 2. The molecule has 0 saturated heterocycles. The van der Waals surface area contributed by atoms with Crippen LogP contribution in [0.4, 0.5) is 4.79 Å². The van der Waals surface area contributed by atoms with E-state index in [1.165, 1.54) is 16.5 Å². The van der Waals surface area contributed by atoms with E-state index >= 15 is 0 Å². The van der Waals surface area contributed by atoms with Gasteiger partial charge in [-0.3, -0.25) is 0 Å². The molecule has 4 heteroatoms. The lowest BCUT2D eigenvalue weighted by molar-refractivity contribution is 0.196. The van der Waals surface area contributed by atoms with E-state index in [1.807, 2.05) is 59.6 Å². The molecule has 4 aromatic rings. The number of urea groups is 1. The molecule has 1 heterocycles. The Morgan fingerprint density at radius 3 is 2.23 bits per heavy atom. The summed E-state index contributed by atoms with van der Waals surface area (Å²) in [5.41, 5.74) is 4.73. The molecule has 0 unspecified atom stereocenters. The second-order valence-electron chi connectivity index (χ2n) is 7.48. The number of aromatic amines is 1. The van der Waals surface area contributed by atoms with Crippen molar-refractivity contribution < 1.29 is 4.79 Å². The minimum absolute atomic E-state index is 0.0189. The van der Waals surface area contributed by atoms with Crippen LogP contribution in [0, 0.1) is 0 Å². The van der Waals surface area contributed by atoms with Gasteiger partial charge in [0.25, 0.3) is 0 Å². The Morgan fingerprint density at radius 2 is 1.47 bits per heavy atom. The van der Waals surface area contributed by atoms with E-state index in [1.54, 1.807) is 0 Å². The lowest BCUT2D eigenvalue weighted by Gasteiger charge is -2.23. The fourth-order valence-electron chi connectivity index (χ4n) is 3.72. The zero-order valence-electron chi connectivity index (χ0n) is 17.1. The van der Waals surface area contributed by atoms with Crippen LogP contribution in [0.15, 0.2) is 91.1 Å². The predicted octanol–water partition coefficient (Wildman–Crippen LogP) is 5.16. The van der Waals surface area contributed by atoms with E-state index in [2.05, 4.69) is 46.7 Å². The van der Waals surface area contributed by atoms with Crippen molar-refractivity contribution >= 4 is 16.9 Å². The minimum atomic E-state index is -0.0189. The minimum Gasteiger partial charge on any atom is -0.361 e. The fraction of sp³-hybridized carbons (Fsp3) is 0.192. The third kappa shape index (κ3) is 5.09. The maximum absolute atomic E-state index is 13.0. The number of para-hydroxylation sites is 1. The third-order valence-electron chi connectivity index (χ3n) is 5.36. The van der Waals surface area contributed by atoms with Gasteiger partial charge in [0, 0.05) is 36.7 Å². The number of benzene rings is 3. The van der Waals surface area contributed by atoms with E-state index < -0.39 is 0 Å². The molecule has 2 amide bonds. The van der Waals surface area contributed by atoms with Crippen molar-refractivity contribution in [2.45, 2.75) is 19.4 Å². The molecule has 0 fully saturated rings. The van der Waals surface area contributed by atoms with Crippen LogP contribution in [0.3, 0.4) is 0 Å². The van der Waals surface area contributed by atoms with Crippen molar-refractivity contribution in [1.82, 2.24) is 15.2 Å². The Bertz CT molecular complexity index is 1070. The quantitative estimate of drug-likeness (QED) is 0.424. The van der Waals surface area contributed by atoms with Crippen LogP contribution in [0.5, 0.6) is 0 Å². The number of hydrogen-bond acceptors (Lipinski definition) is 1. The van der Waals surface area contributed by atoms with Gasteiger partial charge in [0.2, 0.25) is 0 Å². The van der Waals surface area contributed by atoms with Gasteiger partial charge in [-0.15, -0.1) is 0 Å². The molecule has 152 valence electrons. The number of fused-ring (bicyclic) bond motifs is 1. The maximum Gasteiger partial charge on any atom is 0.317 e. The first-order valence-electron chi connectivity index (χ1n) is 10.5. The molecule has 3 aromatic carbocycles. The standard InChI is InChI=1S/C26H27N3O/c30-26(27-17-15-23-19-28-25-14-8-7-13-24(23)25)29(20-22-11-5-2-6-12-22)18-16-21-9-3-1-4-10-21/h1-14,19,28H,15-18,20H2,(H,27,30). The molecule has 0 bridgehead atoms. The summed E-state index contributed by atoms with van der Waals surface area (Å²) >= 11 is 0. The molecule has 4 rings (SSSR count). The lowest BCUT2D eigenvalue weighted by atomic mass is 10.1. The van der Waals surface area contributed by atoms with Crippen molar-refractivity contribution in [3.05, 3.63) is 108 Å². The largest absolute Gasteiger partial charge is 0.361 e. The zero-order valence-corrected chi connectivity index (χ0v) is 17.1. The number of nitrogens with zero attached hydrogens (tertiary/aromatic N) is 1. The van der Waals surface area contributed by atoms with Gasteiger partial charge in [-0.2, -0.15) is 0 Å². The summed E-state index contributed by atoms with van der Waals surface area (Å²) in [5, 5.41) is 4.33. The number of amides is 2. The number of hydrogen-bond donors (Lipinski definition) is 2. The molecule has 30 heavy (non-hydrogen) atoms. The van der Waals surface area contributed by atoms with Gasteiger partial charge in [0.05, 0.1) is 0 Å². The van der Waals surface area contributed by atoms with E-state index in [9.17, 15) is 4.79 Å². The van der Waals surface area contributed by atoms with Gasteiger partial charge in [0.15, 0.2) is 0 Å². The summed E-state index contributed by atoms with van der Waals surface area (Å²) < 4.78 is 0. The highest BCUT2D eigenvalue weighted by molar-refractivity contribution is 5.83.